The van der Waals surface area contributed by atoms with Crippen molar-refractivity contribution < 1.29 is 0 Å². The van der Waals surface area contributed by atoms with E-state index in [-0.39, 0.29) is 5.56 Å². The molecule has 21 heavy (non-hydrogen) atoms. The third-order valence-corrected chi connectivity index (χ3v) is 3.95. The molecule has 0 aliphatic heterocycles. The second kappa shape index (κ2) is 7.64. The first kappa shape index (κ1) is 16.1. The van der Waals surface area contributed by atoms with Gasteiger partial charge in [-0.2, -0.15) is 0 Å². The van der Waals surface area contributed by atoms with Gasteiger partial charge in [0.2, 0.25) is 0 Å². The van der Waals surface area contributed by atoms with Gasteiger partial charge in [-0.05, 0) is 18.2 Å². The number of nitrogens with zero attached hydrogens (tertiary/aromatic N) is 1. The number of thioether (sulfide) groups is 1. The van der Waals surface area contributed by atoms with Crippen LogP contribution < -0.4 is 10.9 Å². The molecular weight excluding hydrogens is 306 g/mol. The Kier molecular flexibility index (Phi) is 5.85. The molecule has 2 N–H and O–H groups in total. The van der Waals surface area contributed by atoms with Gasteiger partial charge in [-0.3, -0.25) is 4.79 Å². The second-order valence-electron chi connectivity index (χ2n) is 4.97. The molecule has 0 spiro atoms. The van der Waals surface area contributed by atoms with Gasteiger partial charge in [-0.1, -0.05) is 31.5 Å². The maximum atomic E-state index is 11.7. The number of rotatable bonds is 6. The minimum absolute atomic E-state index is 0.118. The predicted molar refractivity (Wildman–Crippen MR) is 87.8 cm³/mol. The summed E-state index contributed by atoms with van der Waals surface area (Å²) in [5.74, 6) is 1.28. The third-order valence-electron chi connectivity index (χ3n) is 2.71. The summed E-state index contributed by atoms with van der Waals surface area (Å²) in [6.07, 6.45) is 0. The summed E-state index contributed by atoms with van der Waals surface area (Å²) in [5, 5.41) is 3.96. The molecule has 112 valence electrons. The molecule has 1 aromatic carbocycles. The second-order valence-corrected chi connectivity index (χ2v) is 6.45. The Bertz CT molecular complexity index is 657. The third kappa shape index (κ3) is 5.53. The number of benzene rings is 1. The van der Waals surface area contributed by atoms with Gasteiger partial charge in [0.15, 0.2) is 0 Å². The molecule has 0 radical (unpaired) electrons. The van der Waals surface area contributed by atoms with Crippen molar-refractivity contribution in [1.82, 2.24) is 15.3 Å². The molecule has 2 rings (SSSR count). The molecule has 0 aliphatic carbocycles. The molecule has 0 fully saturated rings. The molecule has 1 heterocycles. The highest BCUT2D eigenvalue weighted by Crippen LogP contribution is 2.23. The van der Waals surface area contributed by atoms with E-state index in [0.29, 0.717) is 29.2 Å². The fourth-order valence-corrected chi connectivity index (χ4v) is 2.82. The highest BCUT2D eigenvalue weighted by molar-refractivity contribution is 7.98. The number of nitrogens with one attached hydrogen (secondary N) is 2. The molecule has 0 atom stereocenters. The average molecular weight is 324 g/mol. The van der Waals surface area contributed by atoms with E-state index in [0.717, 1.165) is 10.6 Å². The standard InChI is InChI=1S/C15H18ClN3OS/c1-10(2)17-8-12-7-15(20)19-14(18-12)9-21-13-5-3-4-11(16)6-13/h3-7,10,17H,8-9H2,1-2H3,(H,18,19,20). The van der Waals surface area contributed by atoms with Crippen LogP contribution in [0.25, 0.3) is 0 Å². The summed E-state index contributed by atoms with van der Waals surface area (Å²) >= 11 is 7.54. The van der Waals surface area contributed by atoms with Gasteiger partial charge in [0.25, 0.3) is 5.56 Å². The Labute approximate surface area is 133 Å². The van der Waals surface area contributed by atoms with Gasteiger partial charge in [0.1, 0.15) is 5.82 Å². The lowest BCUT2D eigenvalue weighted by Gasteiger charge is -2.08. The van der Waals surface area contributed by atoms with Crippen molar-refractivity contribution >= 4 is 23.4 Å². The van der Waals surface area contributed by atoms with Gasteiger partial charge < -0.3 is 10.3 Å². The van der Waals surface area contributed by atoms with Crippen molar-refractivity contribution in [2.75, 3.05) is 0 Å². The Morgan fingerprint density at radius 2 is 2.19 bits per heavy atom. The summed E-state index contributed by atoms with van der Waals surface area (Å²) in [6.45, 7) is 4.71. The highest BCUT2D eigenvalue weighted by atomic mass is 35.5. The normalized spacial score (nSPS) is 11.0. The molecule has 4 nitrogen and oxygen atoms in total. The van der Waals surface area contributed by atoms with Crippen LogP contribution in [0.5, 0.6) is 0 Å². The van der Waals surface area contributed by atoms with Gasteiger partial charge in [-0.25, -0.2) is 4.98 Å². The van der Waals surface area contributed by atoms with Crippen LogP contribution in [0, 0.1) is 0 Å². The molecule has 0 saturated heterocycles. The predicted octanol–water partition coefficient (Wildman–Crippen LogP) is 3.21. The zero-order chi connectivity index (χ0) is 15.2. The lowest BCUT2D eigenvalue weighted by molar-refractivity contribution is 0.579. The molecule has 0 amide bonds. The lowest BCUT2D eigenvalue weighted by Crippen LogP contribution is -2.24. The minimum Gasteiger partial charge on any atom is -0.310 e. The van der Waals surface area contributed by atoms with Gasteiger partial charge in [0, 0.05) is 28.6 Å². The van der Waals surface area contributed by atoms with Crippen molar-refractivity contribution in [1.29, 1.82) is 0 Å². The molecule has 6 heteroatoms. The Morgan fingerprint density at radius 3 is 2.90 bits per heavy atom. The summed E-state index contributed by atoms with van der Waals surface area (Å²) in [6, 6.07) is 9.51. The molecule has 2 aromatic rings. The fraction of sp³-hybridized carbons (Fsp3) is 0.333. The van der Waals surface area contributed by atoms with Crippen molar-refractivity contribution in [3.63, 3.8) is 0 Å². The van der Waals surface area contributed by atoms with Crippen LogP contribution in [0.1, 0.15) is 25.4 Å². The molecule has 0 unspecified atom stereocenters. The van der Waals surface area contributed by atoms with Crippen LogP contribution in [-0.4, -0.2) is 16.0 Å². The van der Waals surface area contributed by atoms with Gasteiger partial charge in [0.05, 0.1) is 11.4 Å². The van der Waals surface area contributed by atoms with Crippen molar-refractivity contribution in [3.8, 4) is 0 Å². The fourth-order valence-electron chi connectivity index (χ4n) is 1.74. The topological polar surface area (TPSA) is 57.8 Å². The minimum atomic E-state index is -0.118. The smallest absolute Gasteiger partial charge is 0.251 e. The van der Waals surface area contributed by atoms with Crippen LogP contribution in [-0.2, 0) is 12.3 Å². The first-order valence-electron chi connectivity index (χ1n) is 6.74. The van der Waals surface area contributed by atoms with Crippen LogP contribution in [0.2, 0.25) is 5.02 Å². The summed E-state index contributed by atoms with van der Waals surface area (Å²) in [7, 11) is 0. The van der Waals surface area contributed by atoms with Gasteiger partial charge in [-0.15, -0.1) is 11.8 Å². The van der Waals surface area contributed by atoms with E-state index in [4.69, 9.17) is 11.6 Å². The monoisotopic (exact) mass is 323 g/mol. The van der Waals surface area contributed by atoms with E-state index in [2.05, 4.69) is 29.1 Å². The molecule has 1 aromatic heterocycles. The number of hydrogen-bond acceptors (Lipinski definition) is 4. The quantitative estimate of drug-likeness (QED) is 0.801. The molecule has 0 bridgehead atoms. The van der Waals surface area contributed by atoms with Crippen LogP contribution in [0.15, 0.2) is 40.0 Å². The van der Waals surface area contributed by atoms with Crippen LogP contribution in [0.3, 0.4) is 0 Å². The Morgan fingerprint density at radius 1 is 1.38 bits per heavy atom. The summed E-state index contributed by atoms with van der Waals surface area (Å²) in [4.78, 5) is 20.0. The SMILES string of the molecule is CC(C)NCc1cc(=O)[nH]c(CSc2cccc(Cl)c2)n1. The maximum absolute atomic E-state index is 11.7. The average Bonchev–Trinajstić information content (AvgIpc) is 2.43. The van der Waals surface area contributed by atoms with Gasteiger partial charge >= 0.3 is 0 Å². The summed E-state index contributed by atoms with van der Waals surface area (Å²) < 4.78 is 0. The highest BCUT2D eigenvalue weighted by Gasteiger charge is 2.04. The maximum Gasteiger partial charge on any atom is 0.251 e. The van der Waals surface area contributed by atoms with Crippen molar-refractivity contribution in [2.45, 2.75) is 37.1 Å². The lowest BCUT2D eigenvalue weighted by atomic mass is 10.3. The van der Waals surface area contributed by atoms with Crippen LogP contribution in [0.4, 0.5) is 0 Å². The van der Waals surface area contributed by atoms with E-state index in [1.165, 1.54) is 6.07 Å². The number of aromatic nitrogens is 2. The number of H-pyrrole nitrogens is 1. The first-order valence-corrected chi connectivity index (χ1v) is 8.10. The van der Waals surface area contributed by atoms with Crippen molar-refractivity contribution in [2.24, 2.45) is 0 Å². The Balaban J connectivity index is 2.04. The molecule has 0 aliphatic rings. The largest absolute Gasteiger partial charge is 0.310 e. The Hall–Kier alpha value is -1.30. The number of halogens is 1. The molecular formula is C15H18ClN3OS. The van der Waals surface area contributed by atoms with E-state index in [1.54, 1.807) is 11.8 Å². The van der Waals surface area contributed by atoms with Crippen LogP contribution >= 0.6 is 23.4 Å². The number of hydrogen-bond donors (Lipinski definition) is 2. The molecule has 0 saturated carbocycles. The first-order chi connectivity index (χ1) is 10.0. The number of aromatic amines is 1. The van der Waals surface area contributed by atoms with E-state index in [9.17, 15) is 4.79 Å². The van der Waals surface area contributed by atoms with E-state index >= 15 is 0 Å². The van der Waals surface area contributed by atoms with Crippen molar-refractivity contribution in [3.05, 3.63) is 57.2 Å². The van der Waals surface area contributed by atoms with E-state index in [1.807, 2.05) is 24.3 Å². The zero-order valence-corrected chi connectivity index (χ0v) is 13.6. The summed E-state index contributed by atoms with van der Waals surface area (Å²) in [5.41, 5.74) is 0.640. The van der Waals surface area contributed by atoms with E-state index < -0.39 is 0 Å². The zero-order valence-electron chi connectivity index (χ0n) is 12.0.